The van der Waals surface area contributed by atoms with E-state index in [1.54, 1.807) is 5.19 Å². The SMILES string of the molecule is CC[Si](c1ccccc1)C(C)C. The minimum Gasteiger partial charge on any atom is -0.0676 e. The van der Waals surface area contributed by atoms with Crippen LogP contribution in [0.1, 0.15) is 20.8 Å². The van der Waals surface area contributed by atoms with Crippen LogP contribution in [-0.4, -0.2) is 8.80 Å². The van der Waals surface area contributed by atoms with Crippen LogP contribution in [0, 0.1) is 0 Å². The molecule has 1 heteroatoms. The molecule has 0 saturated carbocycles. The summed E-state index contributed by atoms with van der Waals surface area (Å²) in [5.74, 6) is 0. The van der Waals surface area contributed by atoms with E-state index < -0.39 is 0 Å². The third-order valence-electron chi connectivity index (χ3n) is 2.22. The zero-order valence-electron chi connectivity index (χ0n) is 8.17. The van der Waals surface area contributed by atoms with Gasteiger partial charge in [0.1, 0.15) is 0 Å². The summed E-state index contributed by atoms with van der Waals surface area (Å²) in [5.41, 5.74) is 0.849. The van der Waals surface area contributed by atoms with Gasteiger partial charge in [0, 0.05) is 0 Å². The Morgan fingerprint density at radius 2 is 1.75 bits per heavy atom. The van der Waals surface area contributed by atoms with Gasteiger partial charge in [0.25, 0.3) is 0 Å². The lowest BCUT2D eigenvalue weighted by molar-refractivity contribution is 1.03. The summed E-state index contributed by atoms with van der Waals surface area (Å²) in [7, 11) is -0.279. The molecule has 0 saturated heterocycles. The maximum absolute atomic E-state index is 2.34. The highest BCUT2D eigenvalue weighted by Crippen LogP contribution is 2.10. The number of rotatable bonds is 3. The van der Waals surface area contributed by atoms with E-state index in [1.807, 2.05) is 0 Å². The molecule has 0 aliphatic carbocycles. The first-order valence-corrected chi connectivity index (χ1v) is 6.45. The Morgan fingerprint density at radius 1 is 1.17 bits per heavy atom. The van der Waals surface area contributed by atoms with Gasteiger partial charge >= 0.3 is 0 Å². The van der Waals surface area contributed by atoms with Gasteiger partial charge < -0.3 is 0 Å². The Morgan fingerprint density at radius 3 is 2.17 bits per heavy atom. The predicted molar refractivity (Wildman–Crippen MR) is 57.4 cm³/mol. The van der Waals surface area contributed by atoms with Crippen molar-refractivity contribution >= 4 is 14.0 Å². The van der Waals surface area contributed by atoms with Gasteiger partial charge in [-0.1, -0.05) is 62.3 Å². The zero-order chi connectivity index (χ0) is 8.97. The van der Waals surface area contributed by atoms with Crippen LogP contribution in [0.4, 0.5) is 0 Å². The monoisotopic (exact) mass is 177 g/mol. The molecule has 0 unspecified atom stereocenters. The van der Waals surface area contributed by atoms with Crippen molar-refractivity contribution in [3.63, 3.8) is 0 Å². The molecule has 0 heterocycles. The summed E-state index contributed by atoms with van der Waals surface area (Å²) in [5, 5.41) is 1.58. The Bertz CT molecular complexity index is 216. The number of benzene rings is 1. The van der Waals surface area contributed by atoms with Gasteiger partial charge in [0.2, 0.25) is 0 Å². The molecule has 0 nitrogen and oxygen atoms in total. The van der Waals surface area contributed by atoms with Gasteiger partial charge in [-0.05, 0) is 5.54 Å². The first kappa shape index (κ1) is 9.52. The molecule has 0 N–H and O–H groups in total. The minimum absolute atomic E-state index is 0.279. The van der Waals surface area contributed by atoms with Crippen molar-refractivity contribution in [2.24, 2.45) is 0 Å². The topological polar surface area (TPSA) is 0 Å². The summed E-state index contributed by atoms with van der Waals surface area (Å²) in [6.07, 6.45) is 0. The van der Waals surface area contributed by atoms with Crippen molar-refractivity contribution in [1.82, 2.24) is 0 Å². The van der Waals surface area contributed by atoms with Crippen LogP contribution in [-0.2, 0) is 0 Å². The van der Waals surface area contributed by atoms with E-state index in [-0.39, 0.29) is 8.80 Å². The molecule has 1 aromatic carbocycles. The first-order chi connectivity index (χ1) is 5.75. The predicted octanol–water partition coefficient (Wildman–Crippen LogP) is 2.82. The number of hydrogen-bond donors (Lipinski definition) is 0. The van der Waals surface area contributed by atoms with Crippen molar-refractivity contribution < 1.29 is 0 Å². The highest BCUT2D eigenvalue weighted by molar-refractivity contribution is 6.74. The van der Waals surface area contributed by atoms with Gasteiger partial charge in [0.05, 0.1) is 8.80 Å². The van der Waals surface area contributed by atoms with E-state index in [2.05, 4.69) is 51.1 Å². The average Bonchev–Trinajstić information content (AvgIpc) is 2.07. The van der Waals surface area contributed by atoms with Gasteiger partial charge in [0.15, 0.2) is 0 Å². The summed E-state index contributed by atoms with van der Waals surface area (Å²) >= 11 is 0. The van der Waals surface area contributed by atoms with Gasteiger partial charge in [-0.2, -0.15) is 0 Å². The molecule has 65 valence electrons. The lowest BCUT2D eigenvalue weighted by Gasteiger charge is -2.16. The van der Waals surface area contributed by atoms with Crippen LogP contribution in [0.5, 0.6) is 0 Å². The molecule has 0 aliphatic rings. The number of hydrogen-bond acceptors (Lipinski definition) is 0. The van der Waals surface area contributed by atoms with E-state index in [0.717, 1.165) is 5.54 Å². The largest absolute Gasteiger partial charge is 0.0880 e. The van der Waals surface area contributed by atoms with Crippen LogP contribution in [0.3, 0.4) is 0 Å². The fraction of sp³-hybridized carbons (Fsp3) is 0.455. The first-order valence-electron chi connectivity index (χ1n) is 4.66. The van der Waals surface area contributed by atoms with Crippen LogP contribution in [0.15, 0.2) is 30.3 Å². The lowest BCUT2D eigenvalue weighted by Crippen LogP contribution is -2.31. The maximum Gasteiger partial charge on any atom is 0.0880 e. The summed E-state index contributed by atoms with van der Waals surface area (Å²) in [4.78, 5) is 0. The highest BCUT2D eigenvalue weighted by atomic mass is 28.3. The Labute approximate surface area is 77.2 Å². The molecule has 1 aromatic rings. The molecule has 1 radical (unpaired) electrons. The molecule has 0 spiro atoms. The second-order valence-electron chi connectivity index (χ2n) is 3.40. The summed E-state index contributed by atoms with van der Waals surface area (Å²) in [6.45, 7) is 6.98. The summed E-state index contributed by atoms with van der Waals surface area (Å²) < 4.78 is 0. The Hall–Kier alpha value is -0.563. The molecule has 1 rings (SSSR count). The van der Waals surface area contributed by atoms with E-state index in [0.29, 0.717) is 0 Å². The molecule has 0 fully saturated rings. The highest BCUT2D eigenvalue weighted by Gasteiger charge is 2.14. The zero-order valence-corrected chi connectivity index (χ0v) is 9.17. The Balaban J connectivity index is 2.80. The normalized spacial score (nSPS) is 11.1. The summed E-state index contributed by atoms with van der Waals surface area (Å²) in [6, 6.07) is 12.3. The molecule has 0 aromatic heterocycles. The minimum atomic E-state index is -0.279. The Kier molecular flexibility index (Phi) is 3.54. The molecule has 0 aliphatic heterocycles. The van der Waals surface area contributed by atoms with Gasteiger partial charge in [-0.25, -0.2) is 0 Å². The second kappa shape index (κ2) is 4.46. The second-order valence-corrected chi connectivity index (χ2v) is 6.89. The van der Waals surface area contributed by atoms with Crippen molar-refractivity contribution in [2.75, 3.05) is 0 Å². The lowest BCUT2D eigenvalue weighted by atomic mass is 10.4. The van der Waals surface area contributed by atoms with Crippen LogP contribution < -0.4 is 5.19 Å². The third kappa shape index (κ3) is 2.21. The fourth-order valence-electron chi connectivity index (χ4n) is 1.60. The van der Waals surface area contributed by atoms with Crippen LogP contribution in [0.2, 0.25) is 11.6 Å². The van der Waals surface area contributed by atoms with E-state index >= 15 is 0 Å². The quantitative estimate of drug-likeness (QED) is 0.623. The van der Waals surface area contributed by atoms with Gasteiger partial charge in [-0.15, -0.1) is 0 Å². The van der Waals surface area contributed by atoms with E-state index in [9.17, 15) is 0 Å². The van der Waals surface area contributed by atoms with Gasteiger partial charge in [-0.3, -0.25) is 0 Å². The van der Waals surface area contributed by atoms with Crippen molar-refractivity contribution in [3.8, 4) is 0 Å². The standard InChI is InChI=1S/C11H17Si/c1-4-12(10(2)3)11-8-6-5-7-9-11/h5-10H,4H2,1-3H3. The third-order valence-corrected chi connectivity index (χ3v) is 5.45. The maximum atomic E-state index is 2.34. The van der Waals surface area contributed by atoms with E-state index in [4.69, 9.17) is 0 Å². The smallest absolute Gasteiger partial charge is 0.0676 e. The van der Waals surface area contributed by atoms with Crippen LogP contribution in [0.25, 0.3) is 0 Å². The molecule has 0 bridgehead atoms. The van der Waals surface area contributed by atoms with E-state index in [1.165, 1.54) is 6.04 Å². The van der Waals surface area contributed by atoms with Crippen molar-refractivity contribution in [2.45, 2.75) is 32.4 Å². The molecule has 12 heavy (non-hydrogen) atoms. The molecular formula is C11H17Si. The molecule has 0 amide bonds. The average molecular weight is 177 g/mol. The molecular weight excluding hydrogens is 160 g/mol. The van der Waals surface area contributed by atoms with Crippen LogP contribution >= 0.6 is 0 Å². The van der Waals surface area contributed by atoms with Crippen molar-refractivity contribution in [3.05, 3.63) is 30.3 Å². The molecule has 0 atom stereocenters. The fourth-order valence-corrected chi connectivity index (χ4v) is 4.11. The van der Waals surface area contributed by atoms with Crippen molar-refractivity contribution in [1.29, 1.82) is 0 Å².